The number of nitrogens with one attached hydrogen (secondary N) is 1. The van der Waals surface area contributed by atoms with E-state index in [1.54, 1.807) is 0 Å². The van der Waals surface area contributed by atoms with Crippen molar-refractivity contribution in [1.29, 1.82) is 0 Å². The number of nitrogens with zero attached hydrogens (tertiary/aromatic N) is 2. The van der Waals surface area contributed by atoms with Crippen LogP contribution in [0.3, 0.4) is 0 Å². The van der Waals surface area contributed by atoms with Gasteiger partial charge in [0.15, 0.2) is 5.82 Å². The average molecular weight is 183 g/mol. The highest BCUT2D eigenvalue weighted by Crippen LogP contribution is 2.32. The van der Waals surface area contributed by atoms with E-state index in [-0.39, 0.29) is 12.2 Å². The van der Waals surface area contributed by atoms with Crippen molar-refractivity contribution in [2.45, 2.75) is 32.0 Å². The Balaban J connectivity index is 2.23. The number of ether oxygens (including phenoxy) is 1. The summed E-state index contributed by atoms with van der Waals surface area (Å²) in [5.74, 6) is 1.14. The topological polar surface area (TPSA) is 71.0 Å². The van der Waals surface area contributed by atoms with Gasteiger partial charge in [-0.3, -0.25) is 5.10 Å². The van der Waals surface area contributed by atoms with Crippen LogP contribution in [-0.4, -0.2) is 26.9 Å². The molecule has 5 heteroatoms. The van der Waals surface area contributed by atoms with E-state index >= 15 is 0 Å². The Kier molecular flexibility index (Phi) is 2.05. The lowest BCUT2D eigenvalue weighted by Gasteiger charge is -2.18. The second-order valence-electron chi connectivity index (χ2n) is 3.45. The highest BCUT2D eigenvalue weighted by atomic mass is 16.5. The molecular formula is C8H13N3O2. The van der Waals surface area contributed by atoms with Crippen LogP contribution in [0.5, 0.6) is 0 Å². The molecule has 1 atom stereocenters. The van der Waals surface area contributed by atoms with E-state index in [9.17, 15) is 0 Å². The van der Waals surface area contributed by atoms with Gasteiger partial charge < -0.3 is 9.84 Å². The molecule has 2 rings (SSSR count). The lowest BCUT2D eigenvalue weighted by Crippen LogP contribution is -2.21. The standard InChI is InChI=1S/C8H13N3O2/c1-8(3-2-4-13-8)7-9-6(5-12)10-11-7/h12H,2-5H2,1H3,(H,9,10,11). The Bertz CT molecular complexity index is 291. The van der Waals surface area contributed by atoms with E-state index in [0.717, 1.165) is 19.4 Å². The van der Waals surface area contributed by atoms with Crippen LogP contribution in [-0.2, 0) is 16.9 Å². The molecule has 0 aromatic carbocycles. The van der Waals surface area contributed by atoms with Crippen LogP contribution in [0, 0.1) is 0 Å². The fourth-order valence-corrected chi connectivity index (χ4v) is 1.56. The maximum Gasteiger partial charge on any atom is 0.182 e. The van der Waals surface area contributed by atoms with Crippen LogP contribution in [0.15, 0.2) is 0 Å². The summed E-state index contributed by atoms with van der Waals surface area (Å²) in [7, 11) is 0. The highest BCUT2D eigenvalue weighted by Gasteiger charge is 2.35. The summed E-state index contributed by atoms with van der Waals surface area (Å²) in [4.78, 5) is 4.14. The summed E-state index contributed by atoms with van der Waals surface area (Å²) in [6.07, 6.45) is 1.98. The molecule has 5 nitrogen and oxygen atoms in total. The molecule has 1 aliphatic rings. The van der Waals surface area contributed by atoms with Crippen molar-refractivity contribution >= 4 is 0 Å². The minimum atomic E-state index is -0.357. The average Bonchev–Trinajstić information content (AvgIpc) is 2.72. The largest absolute Gasteiger partial charge is 0.388 e. The number of aromatic amines is 1. The molecule has 72 valence electrons. The Morgan fingerprint density at radius 1 is 1.69 bits per heavy atom. The molecule has 1 aromatic rings. The third-order valence-electron chi connectivity index (χ3n) is 2.37. The number of aliphatic hydroxyl groups excluding tert-OH is 1. The smallest absolute Gasteiger partial charge is 0.182 e. The number of aromatic nitrogens is 3. The van der Waals surface area contributed by atoms with Crippen LogP contribution in [0.1, 0.15) is 31.4 Å². The highest BCUT2D eigenvalue weighted by molar-refractivity contribution is 5.02. The van der Waals surface area contributed by atoms with Crippen molar-refractivity contribution in [2.24, 2.45) is 0 Å². The molecule has 0 saturated carbocycles. The van der Waals surface area contributed by atoms with E-state index in [1.165, 1.54) is 0 Å². The molecule has 1 unspecified atom stereocenters. The summed E-state index contributed by atoms with van der Waals surface area (Å²) >= 11 is 0. The number of aliphatic hydroxyl groups is 1. The SMILES string of the molecule is CC1(c2n[nH]c(CO)n2)CCCO1. The van der Waals surface area contributed by atoms with Gasteiger partial charge in [-0.15, -0.1) is 0 Å². The Labute approximate surface area is 76.1 Å². The molecule has 1 saturated heterocycles. The predicted molar refractivity (Wildman–Crippen MR) is 44.8 cm³/mol. The molecule has 2 heterocycles. The number of rotatable bonds is 2. The fraction of sp³-hybridized carbons (Fsp3) is 0.750. The van der Waals surface area contributed by atoms with Crippen LogP contribution in [0.2, 0.25) is 0 Å². The predicted octanol–water partition coefficient (Wildman–Crippen LogP) is 0.323. The van der Waals surface area contributed by atoms with E-state index in [0.29, 0.717) is 11.6 Å². The zero-order chi connectivity index (χ0) is 9.31. The van der Waals surface area contributed by atoms with Crippen molar-refractivity contribution in [3.63, 3.8) is 0 Å². The zero-order valence-corrected chi connectivity index (χ0v) is 7.58. The Morgan fingerprint density at radius 2 is 2.54 bits per heavy atom. The van der Waals surface area contributed by atoms with Gasteiger partial charge in [0.1, 0.15) is 18.0 Å². The van der Waals surface area contributed by atoms with E-state index in [4.69, 9.17) is 9.84 Å². The Hall–Kier alpha value is -0.940. The van der Waals surface area contributed by atoms with Crippen molar-refractivity contribution in [2.75, 3.05) is 6.61 Å². The van der Waals surface area contributed by atoms with Crippen molar-refractivity contribution in [3.8, 4) is 0 Å². The first kappa shape index (κ1) is 8.65. The summed E-state index contributed by atoms with van der Waals surface area (Å²) in [5.41, 5.74) is -0.357. The van der Waals surface area contributed by atoms with E-state index < -0.39 is 0 Å². The molecule has 0 amide bonds. The molecule has 13 heavy (non-hydrogen) atoms. The van der Waals surface area contributed by atoms with Gasteiger partial charge in [-0.1, -0.05) is 0 Å². The second kappa shape index (κ2) is 3.08. The number of H-pyrrole nitrogens is 1. The van der Waals surface area contributed by atoms with Crippen molar-refractivity contribution < 1.29 is 9.84 Å². The van der Waals surface area contributed by atoms with Gasteiger partial charge >= 0.3 is 0 Å². The summed E-state index contributed by atoms with van der Waals surface area (Å²) in [6, 6.07) is 0. The van der Waals surface area contributed by atoms with Crippen molar-refractivity contribution in [1.82, 2.24) is 15.2 Å². The van der Waals surface area contributed by atoms with Crippen LogP contribution in [0.4, 0.5) is 0 Å². The first-order chi connectivity index (χ1) is 6.24. The quantitative estimate of drug-likeness (QED) is 0.692. The molecule has 0 bridgehead atoms. The van der Waals surface area contributed by atoms with E-state index in [1.807, 2.05) is 6.92 Å². The van der Waals surface area contributed by atoms with Gasteiger partial charge in [-0.05, 0) is 19.8 Å². The van der Waals surface area contributed by atoms with Crippen LogP contribution < -0.4 is 0 Å². The molecule has 1 fully saturated rings. The summed E-state index contributed by atoms with van der Waals surface area (Å²) < 4.78 is 5.56. The molecule has 0 aliphatic carbocycles. The minimum Gasteiger partial charge on any atom is -0.388 e. The monoisotopic (exact) mass is 183 g/mol. The van der Waals surface area contributed by atoms with Gasteiger partial charge in [-0.2, -0.15) is 5.10 Å². The fourth-order valence-electron chi connectivity index (χ4n) is 1.56. The van der Waals surface area contributed by atoms with Gasteiger partial charge in [0, 0.05) is 6.61 Å². The number of hydrogen-bond donors (Lipinski definition) is 2. The van der Waals surface area contributed by atoms with Gasteiger partial charge in [0.25, 0.3) is 0 Å². The normalized spacial score (nSPS) is 28.2. The maximum absolute atomic E-state index is 8.80. The second-order valence-corrected chi connectivity index (χ2v) is 3.45. The van der Waals surface area contributed by atoms with E-state index in [2.05, 4.69) is 15.2 Å². The molecule has 1 aliphatic heterocycles. The first-order valence-electron chi connectivity index (χ1n) is 4.41. The molecule has 1 aromatic heterocycles. The third-order valence-corrected chi connectivity index (χ3v) is 2.37. The Morgan fingerprint density at radius 3 is 3.08 bits per heavy atom. The molecule has 2 N–H and O–H groups in total. The van der Waals surface area contributed by atoms with Crippen LogP contribution >= 0.6 is 0 Å². The minimum absolute atomic E-state index is 0.108. The molecule has 0 spiro atoms. The van der Waals surface area contributed by atoms with Crippen molar-refractivity contribution in [3.05, 3.63) is 11.6 Å². The van der Waals surface area contributed by atoms with Crippen LogP contribution in [0.25, 0.3) is 0 Å². The van der Waals surface area contributed by atoms with Gasteiger partial charge in [-0.25, -0.2) is 4.98 Å². The lowest BCUT2D eigenvalue weighted by atomic mass is 10.0. The van der Waals surface area contributed by atoms with Gasteiger partial charge in [0.2, 0.25) is 0 Å². The summed E-state index contributed by atoms with van der Waals surface area (Å²) in [6.45, 7) is 2.63. The summed E-state index contributed by atoms with van der Waals surface area (Å²) in [5, 5.41) is 15.5. The lowest BCUT2D eigenvalue weighted by molar-refractivity contribution is 0.00953. The number of hydrogen-bond acceptors (Lipinski definition) is 4. The molecule has 0 radical (unpaired) electrons. The maximum atomic E-state index is 8.80. The zero-order valence-electron chi connectivity index (χ0n) is 7.58. The van der Waals surface area contributed by atoms with Gasteiger partial charge in [0.05, 0.1) is 0 Å². The third kappa shape index (κ3) is 1.45. The first-order valence-corrected chi connectivity index (χ1v) is 4.41. The molecular weight excluding hydrogens is 170 g/mol.